The van der Waals surface area contributed by atoms with E-state index in [1.54, 1.807) is 35.2 Å². The van der Waals surface area contributed by atoms with Crippen molar-refractivity contribution in [2.45, 2.75) is 5.37 Å². The molecule has 4 rings (SSSR count). The summed E-state index contributed by atoms with van der Waals surface area (Å²) in [7, 11) is 4.58. The van der Waals surface area contributed by atoms with Crippen molar-refractivity contribution >= 4 is 35.1 Å². The summed E-state index contributed by atoms with van der Waals surface area (Å²) in [5, 5.41) is 10.9. The van der Waals surface area contributed by atoms with Gasteiger partial charge in [0.05, 0.1) is 36.8 Å². The van der Waals surface area contributed by atoms with Crippen LogP contribution in [0.1, 0.15) is 16.5 Å². The highest BCUT2D eigenvalue weighted by atomic mass is 32.2. The third-order valence-electron chi connectivity index (χ3n) is 5.29. The Kier molecular flexibility index (Phi) is 6.74. The predicted octanol–water partition coefficient (Wildman–Crippen LogP) is 5.44. The standard InChI is InChI=1S/C25H22N2O6S/c1-31-20-12-16(13-21(32-2)23(20)33-3)14-22-24(28)26(18-10-7-11-19(15-18)27(29)30)25(34-22)17-8-5-4-6-9-17/h4-15,25H,1-3H3/b22-14+. The summed E-state index contributed by atoms with van der Waals surface area (Å²) in [6.07, 6.45) is 1.75. The van der Waals surface area contributed by atoms with Crippen LogP contribution in [0.3, 0.4) is 0 Å². The number of carbonyl (C=O) groups is 1. The van der Waals surface area contributed by atoms with Crippen molar-refractivity contribution in [2.24, 2.45) is 0 Å². The van der Waals surface area contributed by atoms with E-state index >= 15 is 0 Å². The van der Waals surface area contributed by atoms with Crippen LogP contribution >= 0.6 is 11.8 Å². The summed E-state index contributed by atoms with van der Waals surface area (Å²) in [6, 6.07) is 19.2. The Hall–Kier alpha value is -3.98. The SMILES string of the molecule is COc1cc(/C=C2/SC(c3ccccc3)N(c3cccc([N+](=O)[O-])c3)C2=O)cc(OC)c1OC. The van der Waals surface area contributed by atoms with Gasteiger partial charge in [-0.1, -0.05) is 48.2 Å². The zero-order chi connectivity index (χ0) is 24.2. The Morgan fingerprint density at radius 3 is 2.21 bits per heavy atom. The first-order chi connectivity index (χ1) is 16.5. The maximum absolute atomic E-state index is 13.6. The van der Waals surface area contributed by atoms with E-state index in [4.69, 9.17) is 14.2 Å². The van der Waals surface area contributed by atoms with Gasteiger partial charge in [-0.2, -0.15) is 0 Å². The molecule has 0 saturated carbocycles. The summed E-state index contributed by atoms with van der Waals surface area (Å²) >= 11 is 1.38. The number of nitro benzene ring substituents is 1. The van der Waals surface area contributed by atoms with Crippen LogP contribution in [-0.4, -0.2) is 32.2 Å². The average molecular weight is 479 g/mol. The largest absolute Gasteiger partial charge is 0.493 e. The molecule has 0 N–H and O–H groups in total. The van der Waals surface area contributed by atoms with Gasteiger partial charge < -0.3 is 14.2 Å². The minimum absolute atomic E-state index is 0.0795. The molecule has 1 saturated heterocycles. The number of benzene rings is 3. The number of methoxy groups -OCH3 is 3. The molecule has 1 fully saturated rings. The lowest BCUT2D eigenvalue weighted by Gasteiger charge is -2.23. The maximum atomic E-state index is 13.6. The van der Waals surface area contributed by atoms with Crippen molar-refractivity contribution < 1.29 is 23.9 Å². The number of nitro groups is 1. The molecular weight excluding hydrogens is 456 g/mol. The molecule has 9 heteroatoms. The molecular formula is C25H22N2O6S. The van der Waals surface area contributed by atoms with E-state index in [0.717, 1.165) is 5.56 Å². The third-order valence-corrected chi connectivity index (χ3v) is 6.54. The number of hydrogen-bond acceptors (Lipinski definition) is 7. The smallest absolute Gasteiger partial charge is 0.271 e. The van der Waals surface area contributed by atoms with Gasteiger partial charge in [-0.3, -0.25) is 19.8 Å². The fourth-order valence-corrected chi connectivity index (χ4v) is 4.98. The van der Waals surface area contributed by atoms with Crippen LogP contribution in [0, 0.1) is 10.1 Å². The van der Waals surface area contributed by atoms with Gasteiger partial charge in [0.2, 0.25) is 5.75 Å². The number of rotatable bonds is 7. The molecule has 1 heterocycles. The summed E-state index contributed by atoms with van der Waals surface area (Å²) in [5.41, 5.74) is 1.97. The Balaban J connectivity index is 1.80. The molecule has 0 aliphatic carbocycles. The minimum atomic E-state index is -0.471. The summed E-state index contributed by atoms with van der Waals surface area (Å²) in [6.45, 7) is 0. The van der Waals surface area contributed by atoms with Crippen molar-refractivity contribution in [3.63, 3.8) is 0 Å². The van der Waals surface area contributed by atoms with Crippen molar-refractivity contribution in [2.75, 3.05) is 26.2 Å². The Morgan fingerprint density at radius 2 is 1.62 bits per heavy atom. The number of hydrogen-bond donors (Lipinski definition) is 0. The van der Waals surface area contributed by atoms with E-state index in [2.05, 4.69) is 0 Å². The van der Waals surface area contributed by atoms with E-state index in [9.17, 15) is 14.9 Å². The number of thioether (sulfide) groups is 1. The highest BCUT2D eigenvalue weighted by molar-refractivity contribution is 8.05. The van der Waals surface area contributed by atoms with Crippen LogP contribution in [-0.2, 0) is 4.79 Å². The van der Waals surface area contributed by atoms with Crippen LogP contribution in [0.25, 0.3) is 6.08 Å². The lowest BCUT2D eigenvalue weighted by atomic mass is 10.1. The first-order valence-electron chi connectivity index (χ1n) is 10.3. The fourth-order valence-electron chi connectivity index (χ4n) is 3.72. The Bertz CT molecular complexity index is 1240. The molecule has 1 unspecified atom stereocenters. The molecule has 1 amide bonds. The lowest BCUT2D eigenvalue weighted by molar-refractivity contribution is -0.384. The van der Waals surface area contributed by atoms with Gasteiger partial charge in [0.25, 0.3) is 11.6 Å². The van der Waals surface area contributed by atoms with Crippen molar-refractivity contribution in [1.82, 2.24) is 0 Å². The van der Waals surface area contributed by atoms with Gasteiger partial charge in [0.1, 0.15) is 5.37 Å². The number of amides is 1. The number of anilines is 1. The van der Waals surface area contributed by atoms with E-state index in [-0.39, 0.29) is 17.0 Å². The monoisotopic (exact) mass is 478 g/mol. The topological polar surface area (TPSA) is 91.1 Å². The Morgan fingerprint density at radius 1 is 0.941 bits per heavy atom. The fraction of sp³-hybridized carbons (Fsp3) is 0.160. The molecule has 1 aliphatic rings. The molecule has 34 heavy (non-hydrogen) atoms. The van der Waals surface area contributed by atoms with Gasteiger partial charge >= 0.3 is 0 Å². The molecule has 1 aliphatic heterocycles. The minimum Gasteiger partial charge on any atom is -0.493 e. The van der Waals surface area contributed by atoms with Gasteiger partial charge in [0, 0.05) is 12.1 Å². The van der Waals surface area contributed by atoms with Crippen LogP contribution in [0.2, 0.25) is 0 Å². The van der Waals surface area contributed by atoms with Gasteiger partial charge in [0.15, 0.2) is 11.5 Å². The third kappa shape index (κ3) is 4.42. The van der Waals surface area contributed by atoms with E-state index in [0.29, 0.717) is 33.4 Å². The summed E-state index contributed by atoms with van der Waals surface area (Å²) < 4.78 is 16.2. The predicted molar refractivity (Wildman–Crippen MR) is 131 cm³/mol. The number of nitrogens with zero attached hydrogens (tertiary/aromatic N) is 2. The van der Waals surface area contributed by atoms with Crippen LogP contribution in [0.5, 0.6) is 17.2 Å². The zero-order valence-electron chi connectivity index (χ0n) is 18.8. The summed E-state index contributed by atoms with van der Waals surface area (Å²) in [4.78, 5) is 26.5. The highest BCUT2D eigenvalue weighted by Crippen LogP contribution is 2.49. The summed E-state index contributed by atoms with van der Waals surface area (Å²) in [5.74, 6) is 1.14. The second-order valence-electron chi connectivity index (χ2n) is 7.30. The molecule has 0 bridgehead atoms. The van der Waals surface area contributed by atoms with E-state index < -0.39 is 4.92 Å². The molecule has 3 aromatic rings. The zero-order valence-corrected chi connectivity index (χ0v) is 19.6. The number of ether oxygens (including phenoxy) is 3. The Labute approximate surface area is 200 Å². The molecule has 0 aromatic heterocycles. The average Bonchev–Trinajstić information content (AvgIpc) is 3.19. The molecule has 3 aromatic carbocycles. The van der Waals surface area contributed by atoms with Crippen molar-refractivity contribution in [3.8, 4) is 17.2 Å². The molecule has 174 valence electrons. The van der Waals surface area contributed by atoms with Gasteiger partial charge in [-0.15, -0.1) is 0 Å². The van der Waals surface area contributed by atoms with Gasteiger partial charge in [-0.05, 0) is 35.4 Å². The number of non-ortho nitro benzene ring substituents is 1. The lowest BCUT2D eigenvalue weighted by Crippen LogP contribution is -2.27. The van der Waals surface area contributed by atoms with Crippen LogP contribution in [0.4, 0.5) is 11.4 Å². The van der Waals surface area contributed by atoms with Crippen LogP contribution in [0.15, 0.2) is 71.6 Å². The van der Waals surface area contributed by atoms with E-state index in [1.165, 1.54) is 45.2 Å². The van der Waals surface area contributed by atoms with E-state index in [1.807, 2.05) is 30.3 Å². The second-order valence-corrected chi connectivity index (χ2v) is 8.42. The number of carbonyl (C=O) groups excluding carboxylic acids is 1. The van der Waals surface area contributed by atoms with Gasteiger partial charge in [-0.25, -0.2) is 0 Å². The first kappa shape index (κ1) is 23.2. The maximum Gasteiger partial charge on any atom is 0.271 e. The molecule has 0 radical (unpaired) electrons. The normalized spacial score (nSPS) is 16.6. The van der Waals surface area contributed by atoms with Crippen molar-refractivity contribution in [1.29, 1.82) is 0 Å². The van der Waals surface area contributed by atoms with Crippen molar-refractivity contribution in [3.05, 3.63) is 92.9 Å². The second kappa shape index (κ2) is 9.88. The molecule has 8 nitrogen and oxygen atoms in total. The highest BCUT2D eigenvalue weighted by Gasteiger charge is 2.38. The molecule has 1 atom stereocenters. The van der Waals surface area contributed by atoms with Crippen LogP contribution < -0.4 is 19.1 Å². The molecule has 0 spiro atoms. The first-order valence-corrected chi connectivity index (χ1v) is 11.2. The quantitative estimate of drug-likeness (QED) is 0.254.